The minimum Gasteiger partial charge on any atom is -0.368 e. The first kappa shape index (κ1) is 9.53. The maximum Gasteiger partial charge on any atom is 0.271 e. The molecule has 1 amide bonds. The summed E-state index contributed by atoms with van der Waals surface area (Å²) in [6.45, 7) is -0.115. The molecular formula is C6H7ClN4O2. The summed E-state index contributed by atoms with van der Waals surface area (Å²) in [4.78, 5) is 27.3. The lowest BCUT2D eigenvalue weighted by Crippen LogP contribution is -2.23. The maximum atomic E-state index is 10.9. The van der Waals surface area contributed by atoms with Gasteiger partial charge in [0.1, 0.15) is 5.02 Å². The van der Waals surface area contributed by atoms with Gasteiger partial charge in [0.2, 0.25) is 5.91 Å². The Kier molecular flexibility index (Phi) is 2.86. The molecule has 1 aromatic heterocycles. The van der Waals surface area contributed by atoms with Gasteiger partial charge < -0.3 is 16.0 Å². The molecule has 0 aliphatic heterocycles. The molecule has 0 bridgehead atoms. The zero-order valence-electron chi connectivity index (χ0n) is 6.50. The number of nitrogens with one attached hydrogen (secondary N) is 2. The van der Waals surface area contributed by atoms with E-state index in [4.69, 9.17) is 17.3 Å². The first-order chi connectivity index (χ1) is 6.11. The van der Waals surface area contributed by atoms with E-state index in [0.717, 1.165) is 0 Å². The van der Waals surface area contributed by atoms with Gasteiger partial charge in [-0.2, -0.15) is 0 Å². The average molecular weight is 203 g/mol. The highest BCUT2D eigenvalue weighted by molar-refractivity contribution is 6.32. The first-order valence-corrected chi connectivity index (χ1v) is 3.74. The SMILES string of the molecule is NC(=O)CNc1nc[nH]c(=O)c1Cl. The molecule has 0 radical (unpaired) electrons. The summed E-state index contributed by atoms with van der Waals surface area (Å²) in [5.74, 6) is -0.414. The summed E-state index contributed by atoms with van der Waals surface area (Å²) in [6.07, 6.45) is 1.18. The summed E-state index contributed by atoms with van der Waals surface area (Å²) >= 11 is 5.56. The number of carbonyl (C=O) groups excluding carboxylic acids is 1. The van der Waals surface area contributed by atoms with Gasteiger partial charge in [-0.1, -0.05) is 11.6 Å². The van der Waals surface area contributed by atoms with Gasteiger partial charge in [0, 0.05) is 0 Å². The lowest BCUT2D eigenvalue weighted by molar-refractivity contribution is -0.116. The van der Waals surface area contributed by atoms with Gasteiger partial charge in [-0.25, -0.2) is 4.98 Å². The van der Waals surface area contributed by atoms with Gasteiger partial charge in [0.25, 0.3) is 5.56 Å². The topological polar surface area (TPSA) is 101 Å². The van der Waals surface area contributed by atoms with Gasteiger partial charge in [-0.3, -0.25) is 9.59 Å². The third-order valence-electron chi connectivity index (χ3n) is 1.23. The van der Waals surface area contributed by atoms with E-state index in [2.05, 4.69) is 15.3 Å². The number of aromatic amines is 1. The maximum absolute atomic E-state index is 10.9. The normalized spacial score (nSPS) is 9.62. The van der Waals surface area contributed by atoms with Crippen LogP contribution in [0.3, 0.4) is 0 Å². The molecule has 7 heteroatoms. The second-order valence-corrected chi connectivity index (χ2v) is 2.59. The van der Waals surface area contributed by atoms with Crippen LogP contribution in [-0.4, -0.2) is 22.4 Å². The van der Waals surface area contributed by atoms with E-state index in [1.54, 1.807) is 0 Å². The molecule has 4 N–H and O–H groups in total. The molecule has 1 aromatic rings. The molecule has 1 heterocycles. The lowest BCUT2D eigenvalue weighted by atomic mass is 10.5. The number of H-pyrrole nitrogens is 1. The van der Waals surface area contributed by atoms with Crippen molar-refractivity contribution in [1.29, 1.82) is 0 Å². The van der Waals surface area contributed by atoms with Crippen LogP contribution < -0.4 is 16.6 Å². The molecule has 1 rings (SSSR count). The minimum absolute atomic E-state index is 0.0937. The predicted molar refractivity (Wildman–Crippen MR) is 47.6 cm³/mol. The number of primary amides is 1. The fourth-order valence-corrected chi connectivity index (χ4v) is 0.847. The first-order valence-electron chi connectivity index (χ1n) is 3.36. The highest BCUT2D eigenvalue weighted by Gasteiger charge is 2.05. The summed E-state index contributed by atoms with van der Waals surface area (Å²) < 4.78 is 0. The van der Waals surface area contributed by atoms with Crippen LogP contribution in [0.15, 0.2) is 11.1 Å². The van der Waals surface area contributed by atoms with Crippen LogP contribution in [0.4, 0.5) is 5.82 Å². The lowest BCUT2D eigenvalue weighted by Gasteiger charge is -2.02. The van der Waals surface area contributed by atoms with Crippen LogP contribution in [0, 0.1) is 0 Å². The summed E-state index contributed by atoms with van der Waals surface area (Å²) in [5, 5.41) is 2.42. The Morgan fingerprint density at radius 2 is 2.46 bits per heavy atom. The van der Waals surface area contributed by atoms with E-state index in [-0.39, 0.29) is 17.4 Å². The van der Waals surface area contributed by atoms with Crippen LogP contribution in [0.2, 0.25) is 5.02 Å². The molecule has 0 atom stereocenters. The van der Waals surface area contributed by atoms with Crippen LogP contribution >= 0.6 is 11.6 Å². The van der Waals surface area contributed by atoms with Crippen LogP contribution in [0.1, 0.15) is 0 Å². The van der Waals surface area contributed by atoms with Crippen molar-refractivity contribution in [3.63, 3.8) is 0 Å². The Bertz CT molecular complexity index is 375. The largest absolute Gasteiger partial charge is 0.368 e. The Hall–Kier alpha value is -1.56. The predicted octanol–water partition coefficient (Wildman–Crippen LogP) is -0.680. The van der Waals surface area contributed by atoms with Crippen molar-refractivity contribution >= 4 is 23.3 Å². The number of carbonyl (C=O) groups is 1. The second kappa shape index (κ2) is 3.90. The van der Waals surface area contributed by atoms with Gasteiger partial charge >= 0.3 is 0 Å². The molecule has 0 aliphatic rings. The number of nitrogens with two attached hydrogens (primary N) is 1. The van der Waals surface area contributed by atoms with E-state index in [0.29, 0.717) is 0 Å². The van der Waals surface area contributed by atoms with Gasteiger partial charge in [0.05, 0.1) is 12.9 Å². The van der Waals surface area contributed by atoms with Crippen LogP contribution in [0.25, 0.3) is 0 Å². The monoisotopic (exact) mass is 202 g/mol. The Morgan fingerprint density at radius 3 is 3.08 bits per heavy atom. The molecule has 0 fully saturated rings. The molecule has 6 nitrogen and oxygen atoms in total. The van der Waals surface area contributed by atoms with E-state index < -0.39 is 11.5 Å². The molecular weight excluding hydrogens is 196 g/mol. The van der Waals surface area contributed by atoms with Crippen molar-refractivity contribution in [2.45, 2.75) is 0 Å². The fourth-order valence-electron chi connectivity index (χ4n) is 0.677. The van der Waals surface area contributed by atoms with Crippen molar-refractivity contribution in [2.75, 3.05) is 11.9 Å². The quantitative estimate of drug-likeness (QED) is 0.605. The third kappa shape index (κ3) is 2.45. The van der Waals surface area contributed by atoms with Crippen molar-refractivity contribution < 1.29 is 4.79 Å². The molecule has 0 unspecified atom stereocenters. The molecule has 0 aliphatic carbocycles. The van der Waals surface area contributed by atoms with Gasteiger partial charge in [0.15, 0.2) is 5.82 Å². The number of anilines is 1. The Labute approximate surface area is 78.1 Å². The summed E-state index contributed by atoms with van der Waals surface area (Å²) in [7, 11) is 0. The molecule has 0 saturated carbocycles. The summed E-state index contributed by atoms with van der Waals surface area (Å²) in [5.41, 5.74) is 4.40. The Morgan fingerprint density at radius 1 is 1.77 bits per heavy atom. The highest BCUT2D eigenvalue weighted by Crippen LogP contribution is 2.10. The number of halogens is 1. The zero-order chi connectivity index (χ0) is 9.84. The number of nitrogens with zero attached hydrogens (tertiary/aromatic N) is 1. The van der Waals surface area contributed by atoms with Crippen LogP contribution in [0.5, 0.6) is 0 Å². The average Bonchev–Trinajstić information content (AvgIpc) is 2.07. The summed E-state index contributed by atoms with van der Waals surface area (Å²) in [6, 6.07) is 0. The smallest absolute Gasteiger partial charge is 0.271 e. The second-order valence-electron chi connectivity index (χ2n) is 2.21. The molecule has 0 spiro atoms. The van der Waals surface area contributed by atoms with E-state index in [1.165, 1.54) is 6.33 Å². The van der Waals surface area contributed by atoms with E-state index >= 15 is 0 Å². The van der Waals surface area contributed by atoms with Gasteiger partial charge in [-0.05, 0) is 0 Å². The fraction of sp³-hybridized carbons (Fsp3) is 0.167. The van der Waals surface area contributed by atoms with Crippen LogP contribution in [-0.2, 0) is 4.79 Å². The molecule has 0 aromatic carbocycles. The molecule has 13 heavy (non-hydrogen) atoms. The van der Waals surface area contributed by atoms with Crippen molar-refractivity contribution in [1.82, 2.24) is 9.97 Å². The highest BCUT2D eigenvalue weighted by atomic mass is 35.5. The number of rotatable bonds is 3. The number of hydrogen-bond acceptors (Lipinski definition) is 4. The number of amides is 1. The van der Waals surface area contributed by atoms with Gasteiger partial charge in [-0.15, -0.1) is 0 Å². The zero-order valence-corrected chi connectivity index (χ0v) is 7.26. The standard InChI is InChI=1S/C6H7ClN4O2/c7-4-5(9-1-3(8)12)10-2-11-6(4)13/h2H,1H2,(H2,8,12)(H2,9,10,11,13). The third-order valence-corrected chi connectivity index (χ3v) is 1.58. The molecule has 70 valence electrons. The van der Waals surface area contributed by atoms with Crippen molar-refractivity contribution in [3.8, 4) is 0 Å². The Balaban J connectivity index is 2.83. The number of hydrogen-bond donors (Lipinski definition) is 3. The van der Waals surface area contributed by atoms with E-state index in [1.807, 2.05) is 0 Å². The van der Waals surface area contributed by atoms with Crippen molar-refractivity contribution in [2.24, 2.45) is 5.73 Å². The molecule has 0 saturated heterocycles. The minimum atomic E-state index is -0.557. The van der Waals surface area contributed by atoms with E-state index in [9.17, 15) is 9.59 Å². The number of aromatic nitrogens is 2. The van der Waals surface area contributed by atoms with Crippen molar-refractivity contribution in [3.05, 3.63) is 21.7 Å².